The van der Waals surface area contributed by atoms with Gasteiger partial charge in [0.15, 0.2) is 0 Å². The van der Waals surface area contributed by atoms with Crippen LogP contribution in [-0.2, 0) is 13.2 Å². The third-order valence-electron chi connectivity index (χ3n) is 4.15. The molecule has 0 saturated carbocycles. The van der Waals surface area contributed by atoms with Gasteiger partial charge in [0.25, 0.3) is 5.56 Å². The fraction of sp³-hybridized carbons (Fsp3) is 0.167. The summed E-state index contributed by atoms with van der Waals surface area (Å²) < 4.78 is 41.0. The summed E-state index contributed by atoms with van der Waals surface area (Å²) in [4.78, 5) is 29.2. The number of benzene rings is 1. The fourth-order valence-corrected chi connectivity index (χ4v) is 3.04. The Labute approximate surface area is 156 Å². The lowest BCUT2D eigenvalue weighted by molar-refractivity contribution is -0.137. The van der Waals surface area contributed by atoms with Crippen LogP contribution in [0.25, 0.3) is 16.8 Å². The summed E-state index contributed by atoms with van der Waals surface area (Å²) >= 11 is 6.08. The van der Waals surface area contributed by atoms with Gasteiger partial charge in [0.05, 0.1) is 16.8 Å². The number of aromatic nitrogens is 3. The molecule has 0 saturated heterocycles. The van der Waals surface area contributed by atoms with Crippen molar-refractivity contribution in [2.45, 2.75) is 13.1 Å². The summed E-state index contributed by atoms with van der Waals surface area (Å²) in [5.41, 5.74) is -1.75. The number of hydrogen-bond donors (Lipinski definition) is 0. The first-order valence-electron chi connectivity index (χ1n) is 7.74. The fourth-order valence-electron chi connectivity index (χ4n) is 2.82. The van der Waals surface area contributed by atoms with E-state index in [1.165, 1.54) is 32.3 Å². The molecule has 3 rings (SSSR count). The van der Waals surface area contributed by atoms with Crippen LogP contribution in [0, 0.1) is 6.92 Å². The van der Waals surface area contributed by atoms with Crippen molar-refractivity contribution in [1.82, 2.24) is 14.1 Å². The Morgan fingerprint density at radius 3 is 2.44 bits per heavy atom. The van der Waals surface area contributed by atoms with Crippen LogP contribution >= 0.6 is 11.6 Å². The second-order valence-electron chi connectivity index (χ2n) is 5.83. The average molecular weight is 396 g/mol. The minimum Gasteiger partial charge on any atom is -0.268 e. The van der Waals surface area contributed by atoms with Gasteiger partial charge >= 0.3 is 11.9 Å². The molecule has 1 aromatic carbocycles. The van der Waals surface area contributed by atoms with Crippen LogP contribution in [0.3, 0.4) is 0 Å². The lowest BCUT2D eigenvalue weighted by atomic mass is 10.1. The van der Waals surface area contributed by atoms with Gasteiger partial charge in [0, 0.05) is 24.5 Å². The molecule has 0 aliphatic rings. The van der Waals surface area contributed by atoms with Crippen molar-refractivity contribution in [2.24, 2.45) is 7.05 Å². The first kappa shape index (κ1) is 18.9. The van der Waals surface area contributed by atoms with Crippen molar-refractivity contribution in [3.8, 4) is 16.8 Å². The van der Waals surface area contributed by atoms with Crippen LogP contribution in [0.4, 0.5) is 13.2 Å². The third kappa shape index (κ3) is 3.28. The molecule has 0 aliphatic carbocycles. The number of alkyl halides is 3. The molecule has 2 aromatic heterocycles. The maximum absolute atomic E-state index is 13.1. The zero-order valence-corrected chi connectivity index (χ0v) is 15.0. The normalized spacial score (nSPS) is 11.6. The minimum absolute atomic E-state index is 0.0100. The number of rotatable bonds is 2. The molecular weight excluding hydrogens is 383 g/mol. The Balaban J connectivity index is 2.39. The maximum Gasteiger partial charge on any atom is 0.416 e. The molecule has 27 heavy (non-hydrogen) atoms. The number of pyridine rings is 1. The molecule has 3 aromatic rings. The summed E-state index contributed by atoms with van der Waals surface area (Å²) in [6.07, 6.45) is -3.13. The Bertz CT molecular complexity index is 1150. The van der Waals surface area contributed by atoms with Gasteiger partial charge in [0.1, 0.15) is 5.15 Å². The summed E-state index contributed by atoms with van der Waals surface area (Å²) in [6.45, 7) is 1.47. The van der Waals surface area contributed by atoms with Crippen LogP contribution in [0.2, 0.25) is 5.15 Å². The summed E-state index contributed by atoms with van der Waals surface area (Å²) in [7, 11) is 1.25. The second-order valence-corrected chi connectivity index (χ2v) is 6.19. The summed E-state index contributed by atoms with van der Waals surface area (Å²) in [5.74, 6) is 0. The highest BCUT2D eigenvalue weighted by Crippen LogP contribution is 2.31. The molecule has 0 bridgehead atoms. The lowest BCUT2D eigenvalue weighted by Gasteiger charge is -2.17. The first-order chi connectivity index (χ1) is 12.6. The molecule has 140 valence electrons. The number of nitrogens with zero attached hydrogens (tertiary/aromatic N) is 3. The van der Waals surface area contributed by atoms with Gasteiger partial charge in [-0.15, -0.1) is 0 Å². The van der Waals surface area contributed by atoms with E-state index in [2.05, 4.69) is 4.98 Å². The van der Waals surface area contributed by atoms with Crippen molar-refractivity contribution in [2.75, 3.05) is 0 Å². The van der Waals surface area contributed by atoms with E-state index in [1.54, 1.807) is 12.1 Å². The molecule has 0 aliphatic heterocycles. The molecular formula is C18H13ClF3N3O2. The molecule has 0 spiro atoms. The SMILES string of the molecule is Cc1c(-c2cccnc2Cl)c(=O)n(C)c(=O)n1-c1cccc(C(F)(F)F)c1. The van der Waals surface area contributed by atoms with Gasteiger partial charge in [-0.25, -0.2) is 9.78 Å². The van der Waals surface area contributed by atoms with E-state index >= 15 is 0 Å². The minimum atomic E-state index is -4.57. The summed E-state index contributed by atoms with van der Waals surface area (Å²) in [6, 6.07) is 7.45. The van der Waals surface area contributed by atoms with Gasteiger partial charge in [-0.2, -0.15) is 13.2 Å². The van der Waals surface area contributed by atoms with Crippen LogP contribution in [0.15, 0.2) is 52.2 Å². The van der Waals surface area contributed by atoms with E-state index in [0.29, 0.717) is 0 Å². The smallest absolute Gasteiger partial charge is 0.268 e. The quantitative estimate of drug-likeness (QED) is 0.623. The lowest BCUT2D eigenvalue weighted by Crippen LogP contribution is -2.39. The molecule has 5 nitrogen and oxygen atoms in total. The van der Waals surface area contributed by atoms with E-state index in [0.717, 1.165) is 21.3 Å². The highest BCUT2D eigenvalue weighted by molar-refractivity contribution is 6.32. The van der Waals surface area contributed by atoms with Gasteiger partial charge in [-0.05, 0) is 37.3 Å². The Morgan fingerprint density at radius 1 is 1.11 bits per heavy atom. The molecule has 0 radical (unpaired) electrons. The number of halogens is 4. The van der Waals surface area contributed by atoms with Crippen molar-refractivity contribution < 1.29 is 13.2 Å². The molecule has 0 unspecified atom stereocenters. The predicted octanol–water partition coefficient (Wildman–Crippen LogP) is 3.58. The highest BCUT2D eigenvalue weighted by atomic mass is 35.5. The zero-order valence-electron chi connectivity index (χ0n) is 14.2. The molecule has 0 N–H and O–H groups in total. The largest absolute Gasteiger partial charge is 0.416 e. The van der Waals surface area contributed by atoms with Crippen molar-refractivity contribution >= 4 is 11.6 Å². The molecule has 2 heterocycles. The zero-order chi connectivity index (χ0) is 19.9. The standard InChI is InChI=1S/C18H13ClF3N3O2/c1-10-14(13-7-4-8-23-15(13)19)16(26)24(2)17(27)25(10)12-6-3-5-11(9-12)18(20,21)22/h3-9H,1-2H3. The van der Waals surface area contributed by atoms with Gasteiger partial charge in [-0.1, -0.05) is 17.7 Å². The number of hydrogen-bond acceptors (Lipinski definition) is 3. The van der Waals surface area contributed by atoms with Crippen LogP contribution in [0.5, 0.6) is 0 Å². The van der Waals surface area contributed by atoms with Gasteiger partial charge in [0.2, 0.25) is 0 Å². The Kier molecular flexibility index (Phi) is 4.69. The Hall–Kier alpha value is -2.87. The maximum atomic E-state index is 13.1. The molecule has 0 atom stereocenters. The van der Waals surface area contributed by atoms with Crippen molar-refractivity contribution in [3.05, 3.63) is 79.8 Å². The highest BCUT2D eigenvalue weighted by Gasteiger charge is 2.31. The van der Waals surface area contributed by atoms with Gasteiger partial charge < -0.3 is 0 Å². The summed E-state index contributed by atoms with van der Waals surface area (Å²) in [5, 5.41) is 0.0481. The molecule has 9 heteroatoms. The van der Waals surface area contributed by atoms with E-state index in [1.807, 2.05) is 0 Å². The monoisotopic (exact) mass is 395 g/mol. The van der Waals surface area contributed by atoms with Crippen LogP contribution in [0.1, 0.15) is 11.3 Å². The van der Waals surface area contributed by atoms with E-state index in [4.69, 9.17) is 11.6 Å². The van der Waals surface area contributed by atoms with E-state index in [-0.39, 0.29) is 27.7 Å². The van der Waals surface area contributed by atoms with Gasteiger partial charge in [-0.3, -0.25) is 13.9 Å². The van der Waals surface area contributed by atoms with Crippen LogP contribution in [-0.4, -0.2) is 14.1 Å². The predicted molar refractivity (Wildman–Crippen MR) is 95.3 cm³/mol. The molecule has 0 fully saturated rings. The second kappa shape index (κ2) is 6.70. The van der Waals surface area contributed by atoms with Crippen molar-refractivity contribution in [1.29, 1.82) is 0 Å². The molecule has 0 amide bonds. The third-order valence-corrected chi connectivity index (χ3v) is 4.46. The topological polar surface area (TPSA) is 56.9 Å². The average Bonchev–Trinajstić information content (AvgIpc) is 2.61. The first-order valence-corrected chi connectivity index (χ1v) is 8.12. The Morgan fingerprint density at radius 2 is 1.81 bits per heavy atom. The van der Waals surface area contributed by atoms with Crippen LogP contribution < -0.4 is 11.2 Å². The van der Waals surface area contributed by atoms with E-state index in [9.17, 15) is 22.8 Å². The van der Waals surface area contributed by atoms with Crippen molar-refractivity contribution in [3.63, 3.8) is 0 Å². The van der Waals surface area contributed by atoms with E-state index < -0.39 is 23.0 Å².